The fourth-order valence-electron chi connectivity index (χ4n) is 16.1. The number of hydrogen-bond donors (Lipinski definition) is 24. The molecule has 8 heterocycles. The minimum atomic E-state index is -2.88. The Morgan fingerprint density at radius 1 is 0.417 bits per heavy atom. The molecule has 0 saturated carbocycles. The molecule has 132 heavy (non-hydrogen) atoms. The van der Waals surface area contributed by atoms with Crippen LogP contribution in [0.1, 0.15) is 142 Å². The van der Waals surface area contributed by atoms with E-state index in [1.54, 1.807) is 31.2 Å². The van der Waals surface area contributed by atoms with Gasteiger partial charge < -0.3 is 229 Å². The molecular formula is C83H140N3O46-3. The van der Waals surface area contributed by atoms with Gasteiger partial charge >= 0.3 is 0 Å². The van der Waals surface area contributed by atoms with Gasteiger partial charge in [0.25, 0.3) is 0 Å². The Hall–Kier alpha value is -5.60. The Kier molecular flexibility index (Phi) is 45.9. The number of ether oxygens (including phenoxy) is 16. The Morgan fingerprint density at radius 3 is 1.06 bits per heavy atom. The standard InChI is InChI=1S/2C28H49NO17.C25H37NO12.2CH4/c1-5-6-7-41-25-22(38)20(36)24(15(9-30)43-25)45-26-21(37)19(35)18(34)16(44-26)10-42-28(27(39)40)8-14(33)11(2)23(46-28)17(12(3)31)29-13(4)32;1-5-6-7-41-25-20(37)19(36)23(16(10-31)43-25)44-26-21(38)24(18(35)15(9-30)42-26)46-28(27(39)40)8-14(34)11(2)22(45-28)17(12(3)32)29-13(4)33;1-11-5-7-15(8-6-11)36-23-21(32)20(31)19(30)17(37-23)10-35-25(24(33)34)9-16(29)12(2)22(38-25)18(13(3)27)26-14(4)28;;/h11-12,14-26,30-31,33-38H,5-10H2,1-4H3,(H,29,32)(H,39,40);11-12,14-26,30-32,34-38H,5-10H2,1-4H3,(H,29,33)(H,39,40);5-8,12-13,16-23,27,29-32H,9-10H2,1-4H3,(H,26,28)(H,33,34);2*1H4/p-3/t11-,12-,14-,15?,16?,17-,18+,19+,20-,21?,22?,23?,24-,25-,26+,28-;11-,12-,14-,15?,16?,17-,18+,19-,20?,21?,22?,23-,24+,25-,26+,28+;12-,13-,16-,17?,18-,19+,20+,21?,22?,23-,25-;;/m111../s1. The van der Waals surface area contributed by atoms with E-state index in [1.807, 2.05) is 20.8 Å². The van der Waals surface area contributed by atoms with Crippen molar-refractivity contribution in [1.29, 1.82) is 0 Å². The molecule has 3 amide bonds. The van der Waals surface area contributed by atoms with Crippen molar-refractivity contribution in [2.24, 2.45) is 17.8 Å². The van der Waals surface area contributed by atoms with Crippen molar-refractivity contribution in [2.45, 2.75) is 387 Å². The van der Waals surface area contributed by atoms with Crippen LogP contribution in [0.5, 0.6) is 5.75 Å². The lowest BCUT2D eigenvalue weighted by Gasteiger charge is -2.52. The Labute approximate surface area is 762 Å². The van der Waals surface area contributed by atoms with E-state index in [4.69, 9.17) is 75.8 Å². The molecule has 13 unspecified atom stereocenters. The minimum absolute atomic E-state index is 0. The van der Waals surface area contributed by atoms with E-state index in [0.717, 1.165) is 25.3 Å². The second-order valence-electron chi connectivity index (χ2n) is 34.1. The number of unbranched alkanes of at least 4 members (excludes halogenated alkanes) is 2. The van der Waals surface area contributed by atoms with E-state index < -0.39 is 350 Å². The summed E-state index contributed by atoms with van der Waals surface area (Å²) in [6.07, 6.45) is -52.7. The molecule has 8 aliphatic rings. The van der Waals surface area contributed by atoms with Gasteiger partial charge in [0.1, 0.15) is 146 Å². The number of carbonyl (C=O) groups is 6. The summed E-state index contributed by atoms with van der Waals surface area (Å²) in [5, 5.41) is 266. The quantitative estimate of drug-likeness (QED) is 0.0275. The molecule has 0 aromatic heterocycles. The van der Waals surface area contributed by atoms with E-state index in [1.165, 1.54) is 48.5 Å². The lowest BCUT2D eigenvalue weighted by atomic mass is 9.83. The van der Waals surface area contributed by atoms with Gasteiger partial charge in [-0.3, -0.25) is 14.4 Å². The normalized spacial score (nSPS) is 40.7. The third-order valence-electron chi connectivity index (χ3n) is 24.0. The number of hydrogen-bond acceptors (Lipinski definition) is 46. The minimum Gasteiger partial charge on any atom is -0.544 e. The van der Waals surface area contributed by atoms with E-state index >= 15 is 0 Å². The van der Waals surface area contributed by atoms with Crippen LogP contribution in [0, 0.1) is 24.7 Å². The summed E-state index contributed by atoms with van der Waals surface area (Å²) >= 11 is 0. The molecule has 9 rings (SSSR count). The zero-order valence-electron chi connectivity index (χ0n) is 73.9. The van der Waals surface area contributed by atoms with Crippen molar-refractivity contribution in [3.63, 3.8) is 0 Å². The number of benzene rings is 1. The molecule has 49 nitrogen and oxygen atoms in total. The van der Waals surface area contributed by atoms with Crippen LogP contribution >= 0.6 is 0 Å². The number of nitrogens with one attached hydrogen (secondary N) is 3. The summed E-state index contributed by atoms with van der Waals surface area (Å²) in [4.78, 5) is 72.5. The third-order valence-corrected chi connectivity index (χ3v) is 24.0. The molecule has 0 aliphatic carbocycles. The van der Waals surface area contributed by atoms with Crippen LogP contribution in [-0.4, -0.2) is 433 Å². The lowest BCUT2D eigenvalue weighted by Crippen LogP contribution is -2.70. The van der Waals surface area contributed by atoms with Gasteiger partial charge in [0.15, 0.2) is 25.2 Å². The molecule has 8 saturated heterocycles. The first-order valence-electron chi connectivity index (χ1n) is 43.0. The summed E-state index contributed by atoms with van der Waals surface area (Å²) in [6.45, 7) is 14.3. The summed E-state index contributed by atoms with van der Waals surface area (Å²) in [5.41, 5.74) is 0.954. The van der Waals surface area contributed by atoms with Crippen LogP contribution in [-0.2, 0) is 99.8 Å². The number of carboxylic acid groups (broad SMARTS) is 3. The molecule has 766 valence electrons. The summed E-state index contributed by atoms with van der Waals surface area (Å²) in [7, 11) is 0. The first kappa shape index (κ1) is 117. The van der Waals surface area contributed by atoms with Crippen molar-refractivity contribution in [3.8, 4) is 5.75 Å². The molecule has 8 fully saturated rings. The zero-order valence-corrected chi connectivity index (χ0v) is 73.9. The average Bonchev–Trinajstić information content (AvgIpc) is 0.757. The fraction of sp³-hybridized carbons (Fsp3) is 0.855. The fourth-order valence-corrected chi connectivity index (χ4v) is 16.1. The van der Waals surface area contributed by atoms with Gasteiger partial charge in [-0.2, -0.15) is 0 Å². The lowest BCUT2D eigenvalue weighted by molar-refractivity contribution is -0.411. The van der Waals surface area contributed by atoms with Crippen molar-refractivity contribution in [1.82, 2.24) is 16.0 Å². The molecule has 0 radical (unpaired) electrons. The highest BCUT2D eigenvalue weighted by Crippen LogP contribution is 2.43. The van der Waals surface area contributed by atoms with E-state index in [9.17, 15) is 151 Å². The highest BCUT2D eigenvalue weighted by Gasteiger charge is 2.60. The molecule has 24 N–H and O–H groups in total. The van der Waals surface area contributed by atoms with Crippen LogP contribution in [0.3, 0.4) is 0 Å². The molecule has 43 atom stereocenters. The number of aliphatic hydroxyl groups is 21. The van der Waals surface area contributed by atoms with Gasteiger partial charge in [0.05, 0.1) is 106 Å². The molecule has 0 spiro atoms. The first-order valence-corrected chi connectivity index (χ1v) is 43.0. The summed E-state index contributed by atoms with van der Waals surface area (Å²) in [5.74, 6) is -17.7. The number of aryl methyl sites for hydroxylation is 1. The summed E-state index contributed by atoms with van der Waals surface area (Å²) in [6, 6.07) is 3.24. The van der Waals surface area contributed by atoms with Gasteiger partial charge in [0, 0.05) is 71.0 Å². The number of amides is 3. The van der Waals surface area contributed by atoms with Crippen LogP contribution in [0.4, 0.5) is 0 Å². The van der Waals surface area contributed by atoms with Gasteiger partial charge in [-0.05, 0) is 52.7 Å². The average molecular weight is 1920 g/mol. The van der Waals surface area contributed by atoms with Crippen LogP contribution in [0.2, 0.25) is 0 Å². The number of carboxylic acids is 3. The second-order valence-corrected chi connectivity index (χ2v) is 34.1. The van der Waals surface area contributed by atoms with Gasteiger partial charge in [-0.15, -0.1) is 0 Å². The predicted molar refractivity (Wildman–Crippen MR) is 435 cm³/mol. The van der Waals surface area contributed by atoms with Crippen LogP contribution < -0.4 is 36.0 Å². The maximum Gasteiger partial charge on any atom is 0.229 e. The van der Waals surface area contributed by atoms with E-state index in [0.29, 0.717) is 18.6 Å². The van der Waals surface area contributed by atoms with Crippen molar-refractivity contribution >= 4 is 35.6 Å². The number of aliphatic hydroxyl groups excluding tert-OH is 21. The number of carbonyl (C=O) groups excluding carboxylic acids is 6. The van der Waals surface area contributed by atoms with Crippen LogP contribution in [0.15, 0.2) is 24.3 Å². The van der Waals surface area contributed by atoms with Gasteiger partial charge in [0.2, 0.25) is 41.4 Å². The zero-order chi connectivity index (χ0) is 97.4. The highest BCUT2D eigenvalue weighted by atomic mass is 16.8. The molecule has 1 aromatic carbocycles. The highest BCUT2D eigenvalue weighted by molar-refractivity contribution is 5.76. The Morgan fingerprint density at radius 2 is 0.727 bits per heavy atom. The SMILES string of the molecule is C.C.CC(=O)N[C@@H](C1O[C@@](OCC2O[C@@H](Oc3ccc(C)cc3)C(O)[C@@H](O)[C@H]2O)(C(=O)[O-])C[C@@H](O)[C@H]1C)[C@@H](C)O.CCCCO[C@@H]1OC(CO)[C@@H](O[C@@H]2OC(CO)[C@H](O)[C@H](O[C@]3(C(=O)[O-])C[C@@H](O)[C@@H](C)C([C@H](NC(C)=O)[C@@H](C)O)O3)C2O)[C@H](O)C1O.CCCCO[C@@H]1OC(CO)[C@@H](O[C@@H]2OC(CO[C@]3(C(=O)[O-])C[C@@H](O)[C@@H](C)C([C@H](NC(C)=O)[C@@H](C)O)O3)[C@H](O)[C@H](O)C2O)[C@H](O)C1O. The van der Waals surface area contributed by atoms with Gasteiger partial charge in [-0.1, -0.05) is 80.0 Å². The molecule has 0 bridgehead atoms. The maximum absolute atomic E-state index is 12.6. The predicted octanol–water partition coefficient (Wildman–Crippen LogP) is -12.3. The Bertz CT molecular complexity index is 3660. The first-order chi connectivity index (χ1) is 60.9. The smallest absolute Gasteiger partial charge is 0.229 e. The maximum atomic E-state index is 12.6. The number of rotatable bonds is 37. The van der Waals surface area contributed by atoms with Crippen molar-refractivity contribution < 1.29 is 227 Å². The number of aliphatic carboxylic acids is 3. The Balaban J connectivity index is 0.000000349. The molecule has 1 aromatic rings. The van der Waals surface area contributed by atoms with E-state index in [-0.39, 0.29) is 28.1 Å². The van der Waals surface area contributed by atoms with Crippen molar-refractivity contribution in [3.05, 3.63) is 29.8 Å². The molecule has 8 aliphatic heterocycles. The molecule has 49 heteroatoms. The third kappa shape index (κ3) is 28.6. The van der Waals surface area contributed by atoms with Crippen LogP contribution in [0.25, 0.3) is 0 Å². The monoisotopic (exact) mass is 1910 g/mol. The molecular weight excluding hydrogens is 1770 g/mol. The largest absolute Gasteiger partial charge is 0.544 e. The second kappa shape index (κ2) is 51.9. The van der Waals surface area contributed by atoms with E-state index in [2.05, 4.69) is 16.0 Å². The van der Waals surface area contributed by atoms with Gasteiger partial charge in [-0.25, -0.2) is 0 Å². The topological polar surface area (TPSA) is 780 Å². The van der Waals surface area contributed by atoms with Crippen molar-refractivity contribution in [2.75, 3.05) is 46.2 Å². The summed E-state index contributed by atoms with van der Waals surface area (Å²) < 4.78 is 89.8.